The molecule has 2 N–H and O–H groups in total. The van der Waals surface area contributed by atoms with E-state index in [9.17, 15) is 23.1 Å². The lowest BCUT2D eigenvalue weighted by Crippen LogP contribution is -2.44. The van der Waals surface area contributed by atoms with Gasteiger partial charge in [0.05, 0.1) is 18.8 Å². The molecule has 2 aliphatic rings. The van der Waals surface area contributed by atoms with E-state index in [1.807, 2.05) is 11.2 Å². The van der Waals surface area contributed by atoms with E-state index in [1.54, 1.807) is 24.3 Å². The molecule has 2 unspecified atom stereocenters. The Morgan fingerprint density at radius 1 is 1.12 bits per heavy atom. The SMILES string of the molecule is CSc1ccc(F)cc1C1CC(F)CN1c1ccc2ncc(C(=O)NC3CCN(Cc4ccc(F)c(O)c4)CC3)n2n1. The van der Waals surface area contributed by atoms with Crippen molar-refractivity contribution in [3.8, 4) is 5.75 Å². The van der Waals surface area contributed by atoms with Gasteiger partial charge in [-0.2, -0.15) is 0 Å². The highest BCUT2D eigenvalue weighted by Crippen LogP contribution is 2.40. The second kappa shape index (κ2) is 11.8. The molecule has 6 rings (SSSR count). The van der Waals surface area contributed by atoms with Crippen LogP contribution >= 0.6 is 11.8 Å². The lowest BCUT2D eigenvalue weighted by Gasteiger charge is -2.32. The molecule has 0 bridgehead atoms. The summed E-state index contributed by atoms with van der Waals surface area (Å²) in [5.74, 6) is -1.19. The molecule has 4 aromatic rings. The first-order valence-electron chi connectivity index (χ1n) is 13.9. The lowest BCUT2D eigenvalue weighted by molar-refractivity contribution is 0.0901. The number of hydrogen-bond acceptors (Lipinski definition) is 7. The average molecular weight is 597 g/mol. The number of benzene rings is 2. The Morgan fingerprint density at radius 2 is 1.93 bits per heavy atom. The normalized spacial score (nSPS) is 20.0. The summed E-state index contributed by atoms with van der Waals surface area (Å²) >= 11 is 1.49. The molecule has 2 aliphatic heterocycles. The smallest absolute Gasteiger partial charge is 0.271 e. The van der Waals surface area contributed by atoms with Crippen molar-refractivity contribution < 1.29 is 23.1 Å². The Bertz CT molecular complexity index is 1610. The molecule has 220 valence electrons. The van der Waals surface area contributed by atoms with Crippen LogP contribution in [-0.2, 0) is 6.54 Å². The minimum Gasteiger partial charge on any atom is -0.505 e. The molecule has 2 saturated heterocycles. The summed E-state index contributed by atoms with van der Waals surface area (Å²) in [4.78, 5) is 22.6. The number of carbonyl (C=O) groups is 1. The van der Waals surface area contributed by atoms with E-state index >= 15 is 0 Å². The molecular formula is C30H31F3N6O2S. The first-order valence-corrected chi connectivity index (χ1v) is 15.1. The van der Waals surface area contributed by atoms with E-state index in [2.05, 4.69) is 20.3 Å². The number of phenolic OH excluding ortho intramolecular Hbond substituents is 1. The average Bonchev–Trinajstić information content (AvgIpc) is 3.59. The number of amides is 1. The number of aromatic hydroxyl groups is 1. The molecule has 1 amide bonds. The van der Waals surface area contributed by atoms with Crippen LogP contribution in [0.15, 0.2) is 59.6 Å². The summed E-state index contributed by atoms with van der Waals surface area (Å²) in [6, 6.07) is 12.0. The van der Waals surface area contributed by atoms with Gasteiger partial charge in [0.1, 0.15) is 17.8 Å². The zero-order chi connectivity index (χ0) is 29.4. The third kappa shape index (κ3) is 5.78. The molecule has 2 aromatic heterocycles. The van der Waals surface area contributed by atoms with Crippen LogP contribution in [0.3, 0.4) is 0 Å². The number of aromatic nitrogens is 3. The molecular weight excluding hydrogens is 565 g/mol. The number of piperidine rings is 1. The van der Waals surface area contributed by atoms with E-state index in [0.29, 0.717) is 18.0 Å². The van der Waals surface area contributed by atoms with Crippen LogP contribution in [0.2, 0.25) is 0 Å². The molecule has 0 saturated carbocycles. The number of anilines is 1. The van der Waals surface area contributed by atoms with Gasteiger partial charge in [0, 0.05) is 37.0 Å². The minimum atomic E-state index is -1.10. The fourth-order valence-corrected chi connectivity index (χ4v) is 6.51. The fourth-order valence-electron chi connectivity index (χ4n) is 5.88. The number of nitrogens with zero attached hydrogens (tertiary/aromatic N) is 5. The predicted molar refractivity (Wildman–Crippen MR) is 155 cm³/mol. The van der Waals surface area contributed by atoms with Gasteiger partial charge in [-0.3, -0.25) is 9.69 Å². The van der Waals surface area contributed by atoms with Crippen LogP contribution < -0.4 is 10.2 Å². The van der Waals surface area contributed by atoms with Gasteiger partial charge in [-0.1, -0.05) is 6.07 Å². The van der Waals surface area contributed by atoms with E-state index in [-0.39, 0.29) is 42.2 Å². The molecule has 0 radical (unpaired) electrons. The quantitative estimate of drug-likeness (QED) is 0.287. The Hall–Kier alpha value is -3.77. The maximum absolute atomic E-state index is 14.8. The van der Waals surface area contributed by atoms with Gasteiger partial charge in [-0.15, -0.1) is 16.9 Å². The van der Waals surface area contributed by atoms with Crippen molar-refractivity contribution in [3.05, 3.63) is 83.2 Å². The van der Waals surface area contributed by atoms with Crippen molar-refractivity contribution in [2.75, 3.05) is 30.8 Å². The molecule has 12 heteroatoms. The lowest BCUT2D eigenvalue weighted by atomic mass is 10.0. The zero-order valence-corrected chi connectivity index (χ0v) is 23.8. The number of thioether (sulfide) groups is 1. The molecule has 4 heterocycles. The first-order chi connectivity index (χ1) is 20.3. The number of hydrogen-bond donors (Lipinski definition) is 2. The highest BCUT2D eigenvalue weighted by atomic mass is 32.2. The van der Waals surface area contributed by atoms with Crippen LogP contribution in [0.25, 0.3) is 5.65 Å². The standard InChI is InChI=1S/C30H31F3N6O2S/c1-42-27-5-3-19(31)13-22(27)24-14-20(32)17-38(24)29-7-6-28-34-15-25(39(28)36-29)30(41)35-21-8-10-37(11-9-21)16-18-2-4-23(33)26(40)12-18/h2-7,12-13,15,20-21,24,40H,8-11,14,16-17H2,1H3,(H,35,41). The number of fused-ring (bicyclic) bond motifs is 1. The maximum Gasteiger partial charge on any atom is 0.271 e. The number of likely N-dealkylation sites (tertiary alicyclic amines) is 1. The highest BCUT2D eigenvalue weighted by molar-refractivity contribution is 7.98. The molecule has 2 aromatic carbocycles. The molecule has 2 atom stereocenters. The van der Waals surface area contributed by atoms with Crippen molar-refractivity contribution in [3.63, 3.8) is 0 Å². The second-order valence-corrected chi connectivity index (χ2v) is 11.7. The molecule has 8 nitrogen and oxygen atoms in total. The summed E-state index contributed by atoms with van der Waals surface area (Å²) in [6.45, 7) is 2.16. The first kappa shape index (κ1) is 28.4. The van der Waals surface area contributed by atoms with Gasteiger partial charge in [0.25, 0.3) is 5.91 Å². The Balaban J connectivity index is 1.15. The van der Waals surface area contributed by atoms with Crippen molar-refractivity contribution in [1.29, 1.82) is 0 Å². The largest absolute Gasteiger partial charge is 0.505 e. The summed E-state index contributed by atoms with van der Waals surface area (Å²) in [5.41, 5.74) is 2.31. The number of alkyl halides is 1. The van der Waals surface area contributed by atoms with Crippen molar-refractivity contribution >= 4 is 29.1 Å². The van der Waals surface area contributed by atoms with Gasteiger partial charge in [0.15, 0.2) is 22.9 Å². The van der Waals surface area contributed by atoms with Crippen LogP contribution in [0.4, 0.5) is 19.0 Å². The summed E-state index contributed by atoms with van der Waals surface area (Å²) in [7, 11) is 0. The van der Waals surface area contributed by atoms with Gasteiger partial charge < -0.3 is 15.3 Å². The summed E-state index contributed by atoms with van der Waals surface area (Å²) < 4.78 is 43.8. The number of rotatable bonds is 7. The number of imidazole rings is 1. The molecule has 0 aliphatic carbocycles. The number of carbonyl (C=O) groups excluding carboxylic acids is 1. The van der Waals surface area contributed by atoms with E-state index in [4.69, 9.17) is 0 Å². The van der Waals surface area contributed by atoms with Gasteiger partial charge in [-0.25, -0.2) is 22.7 Å². The Morgan fingerprint density at radius 3 is 2.69 bits per heavy atom. The van der Waals surface area contributed by atoms with Crippen molar-refractivity contribution in [2.45, 2.75) is 49.0 Å². The topological polar surface area (TPSA) is 86.0 Å². The molecule has 42 heavy (non-hydrogen) atoms. The number of nitrogens with one attached hydrogen (secondary N) is 1. The maximum atomic E-state index is 14.8. The van der Waals surface area contributed by atoms with Crippen LogP contribution in [0, 0.1) is 11.6 Å². The second-order valence-electron chi connectivity index (χ2n) is 10.8. The highest BCUT2D eigenvalue weighted by Gasteiger charge is 2.36. The Labute approximate surface area is 245 Å². The molecule has 0 spiro atoms. The Kier molecular flexibility index (Phi) is 8.00. The third-order valence-electron chi connectivity index (χ3n) is 8.02. The van der Waals surface area contributed by atoms with Gasteiger partial charge in [0.2, 0.25) is 0 Å². The van der Waals surface area contributed by atoms with Crippen LogP contribution in [0.5, 0.6) is 5.75 Å². The van der Waals surface area contributed by atoms with Gasteiger partial charge >= 0.3 is 0 Å². The summed E-state index contributed by atoms with van der Waals surface area (Å²) in [6.07, 6.45) is 3.96. The van der Waals surface area contributed by atoms with Crippen molar-refractivity contribution in [2.24, 2.45) is 0 Å². The third-order valence-corrected chi connectivity index (χ3v) is 8.83. The van der Waals surface area contributed by atoms with E-state index in [1.165, 1.54) is 46.7 Å². The van der Waals surface area contributed by atoms with Gasteiger partial charge in [-0.05, 0) is 72.7 Å². The predicted octanol–water partition coefficient (Wildman–Crippen LogP) is 5.12. The van der Waals surface area contributed by atoms with Crippen LogP contribution in [-0.4, -0.2) is 68.6 Å². The monoisotopic (exact) mass is 596 g/mol. The van der Waals surface area contributed by atoms with Crippen molar-refractivity contribution in [1.82, 2.24) is 24.8 Å². The zero-order valence-electron chi connectivity index (χ0n) is 23.0. The van der Waals surface area contributed by atoms with Crippen LogP contribution in [0.1, 0.15) is 46.9 Å². The summed E-state index contributed by atoms with van der Waals surface area (Å²) in [5, 5.41) is 17.4. The fraction of sp³-hybridized carbons (Fsp3) is 0.367. The molecule has 2 fully saturated rings. The van der Waals surface area contributed by atoms with E-state index < -0.39 is 18.0 Å². The minimum absolute atomic E-state index is 0.0442. The number of halogens is 3. The van der Waals surface area contributed by atoms with E-state index in [0.717, 1.165) is 42.0 Å². The number of phenols is 1.